The van der Waals surface area contributed by atoms with Gasteiger partial charge in [0.25, 0.3) is 0 Å². The predicted octanol–water partition coefficient (Wildman–Crippen LogP) is 10.6. The number of Topliss-reactive ketones (excluding diaryl/α,β-unsaturated/α-hetero) is 1. The SMILES string of the molecule is Cc1ccc(C=C(C(=O)C(=Cc2ccc(C)cc2)c2ccccc2)c2ccccc2)cc1.O=C(c1ccccc1)c1ccccc1. The van der Waals surface area contributed by atoms with Gasteiger partial charge in [0.05, 0.1) is 0 Å². The molecular weight excluding hydrogens is 560 g/mol. The van der Waals surface area contributed by atoms with Crippen LogP contribution < -0.4 is 0 Å². The Morgan fingerprint density at radius 3 is 0.957 bits per heavy atom. The summed E-state index contributed by atoms with van der Waals surface area (Å²) in [7, 11) is 0. The number of carbonyl (C=O) groups excluding carboxylic acids is 2. The molecule has 224 valence electrons. The van der Waals surface area contributed by atoms with E-state index in [2.05, 4.69) is 62.4 Å². The molecule has 6 rings (SSSR count). The van der Waals surface area contributed by atoms with Crippen LogP contribution in [0.15, 0.2) is 170 Å². The zero-order valence-corrected chi connectivity index (χ0v) is 26.1. The van der Waals surface area contributed by atoms with Gasteiger partial charge in [-0.3, -0.25) is 9.59 Å². The molecule has 0 fully saturated rings. The van der Waals surface area contributed by atoms with E-state index in [-0.39, 0.29) is 11.6 Å². The van der Waals surface area contributed by atoms with Crippen LogP contribution in [0.4, 0.5) is 0 Å². The van der Waals surface area contributed by atoms with E-state index in [1.54, 1.807) is 0 Å². The lowest BCUT2D eigenvalue weighted by Crippen LogP contribution is -2.05. The highest BCUT2D eigenvalue weighted by Crippen LogP contribution is 2.29. The number of benzene rings is 6. The van der Waals surface area contributed by atoms with Gasteiger partial charge in [0, 0.05) is 22.3 Å². The Morgan fingerprint density at radius 2 is 0.652 bits per heavy atom. The first-order chi connectivity index (χ1) is 22.5. The highest BCUT2D eigenvalue weighted by atomic mass is 16.1. The Kier molecular flexibility index (Phi) is 10.8. The first kappa shape index (κ1) is 31.6. The van der Waals surface area contributed by atoms with Crippen molar-refractivity contribution < 1.29 is 9.59 Å². The second-order valence-corrected chi connectivity index (χ2v) is 11.1. The number of hydrogen-bond acceptors (Lipinski definition) is 2. The van der Waals surface area contributed by atoms with Crippen LogP contribution >= 0.6 is 0 Å². The van der Waals surface area contributed by atoms with E-state index in [0.717, 1.165) is 33.4 Å². The Bertz CT molecular complexity index is 1780. The summed E-state index contributed by atoms with van der Waals surface area (Å²) < 4.78 is 0. The summed E-state index contributed by atoms with van der Waals surface area (Å²) in [5, 5.41) is 0. The van der Waals surface area contributed by atoms with Gasteiger partial charge in [-0.25, -0.2) is 0 Å². The van der Waals surface area contributed by atoms with Gasteiger partial charge in [-0.1, -0.05) is 181 Å². The van der Waals surface area contributed by atoms with E-state index in [0.29, 0.717) is 11.1 Å². The van der Waals surface area contributed by atoms with E-state index in [4.69, 9.17) is 0 Å². The highest BCUT2D eigenvalue weighted by Gasteiger charge is 2.19. The van der Waals surface area contributed by atoms with Crippen LogP contribution in [0.5, 0.6) is 0 Å². The Morgan fingerprint density at radius 1 is 0.370 bits per heavy atom. The van der Waals surface area contributed by atoms with Crippen molar-refractivity contribution in [2.45, 2.75) is 13.8 Å². The lowest BCUT2D eigenvalue weighted by atomic mass is 9.90. The summed E-state index contributed by atoms with van der Waals surface area (Å²) in [6, 6.07) is 54.9. The number of rotatable bonds is 8. The predicted molar refractivity (Wildman–Crippen MR) is 192 cm³/mol. The minimum absolute atomic E-state index is 0.00329. The number of aryl methyl sites for hydroxylation is 2. The maximum Gasteiger partial charge on any atom is 0.194 e. The van der Waals surface area contributed by atoms with Crippen LogP contribution in [0.25, 0.3) is 23.3 Å². The highest BCUT2D eigenvalue weighted by molar-refractivity contribution is 6.46. The minimum Gasteiger partial charge on any atom is -0.289 e. The van der Waals surface area contributed by atoms with Gasteiger partial charge in [0.2, 0.25) is 0 Å². The number of carbonyl (C=O) groups is 2. The fraction of sp³-hybridized carbons (Fsp3) is 0.0455. The number of ketones is 2. The lowest BCUT2D eigenvalue weighted by Gasteiger charge is -2.12. The van der Waals surface area contributed by atoms with E-state index in [9.17, 15) is 9.59 Å². The topological polar surface area (TPSA) is 34.1 Å². The van der Waals surface area contributed by atoms with E-state index < -0.39 is 0 Å². The summed E-state index contributed by atoms with van der Waals surface area (Å²) in [5.41, 5.74) is 9.03. The van der Waals surface area contributed by atoms with Gasteiger partial charge in [-0.15, -0.1) is 0 Å². The molecule has 2 heteroatoms. The van der Waals surface area contributed by atoms with Gasteiger partial charge < -0.3 is 0 Å². The van der Waals surface area contributed by atoms with Crippen LogP contribution in [0.3, 0.4) is 0 Å². The third-order valence-electron chi connectivity index (χ3n) is 7.51. The monoisotopic (exact) mass is 596 g/mol. The molecule has 0 aliphatic rings. The summed E-state index contributed by atoms with van der Waals surface area (Å²) in [6.45, 7) is 4.13. The fourth-order valence-electron chi connectivity index (χ4n) is 4.94. The molecule has 6 aromatic rings. The van der Waals surface area contributed by atoms with Crippen LogP contribution in [0.1, 0.15) is 49.3 Å². The normalized spacial score (nSPS) is 11.3. The van der Waals surface area contributed by atoms with Gasteiger partial charge >= 0.3 is 0 Å². The van der Waals surface area contributed by atoms with Crippen LogP contribution in [-0.4, -0.2) is 11.6 Å². The van der Waals surface area contributed by atoms with Crippen molar-refractivity contribution in [3.05, 3.63) is 214 Å². The van der Waals surface area contributed by atoms with Crippen LogP contribution in [-0.2, 0) is 4.79 Å². The largest absolute Gasteiger partial charge is 0.289 e. The van der Waals surface area contributed by atoms with Crippen molar-refractivity contribution in [3.63, 3.8) is 0 Å². The van der Waals surface area contributed by atoms with Crippen molar-refractivity contribution in [2.24, 2.45) is 0 Å². The standard InChI is InChI=1S/C31H26O.C13H10O/c1-23-13-17-25(18-14-23)21-29(27-9-5-3-6-10-27)31(32)30(28-11-7-4-8-12-28)22-26-19-15-24(2)16-20-26;14-13(11-7-3-1-4-8-11)12-9-5-2-6-10-12/h3-22H,1-2H3;1-10H. The molecule has 2 nitrogen and oxygen atoms in total. The zero-order valence-electron chi connectivity index (χ0n) is 26.1. The van der Waals surface area contributed by atoms with Gasteiger partial charge in [0.1, 0.15) is 0 Å². The van der Waals surface area contributed by atoms with Crippen LogP contribution in [0, 0.1) is 13.8 Å². The molecule has 0 spiro atoms. The first-order valence-electron chi connectivity index (χ1n) is 15.3. The lowest BCUT2D eigenvalue weighted by molar-refractivity contribution is -0.108. The van der Waals surface area contributed by atoms with Crippen LogP contribution in [0.2, 0.25) is 0 Å². The molecule has 0 radical (unpaired) electrons. The van der Waals surface area contributed by atoms with Gasteiger partial charge in [-0.05, 0) is 48.3 Å². The van der Waals surface area contributed by atoms with E-state index in [1.165, 1.54) is 11.1 Å². The fourth-order valence-corrected chi connectivity index (χ4v) is 4.94. The summed E-state index contributed by atoms with van der Waals surface area (Å²) in [5.74, 6) is 0.0785. The zero-order chi connectivity index (χ0) is 32.1. The second kappa shape index (κ2) is 15.7. The summed E-state index contributed by atoms with van der Waals surface area (Å²) in [6.07, 6.45) is 3.98. The molecule has 0 aliphatic carbocycles. The Labute approximate surface area is 272 Å². The first-order valence-corrected chi connectivity index (χ1v) is 15.3. The molecule has 0 unspecified atom stereocenters. The molecular formula is C44H36O2. The van der Waals surface area contributed by atoms with Gasteiger partial charge in [0.15, 0.2) is 11.6 Å². The molecule has 0 aliphatic heterocycles. The molecule has 0 bridgehead atoms. The average molecular weight is 597 g/mol. The number of hydrogen-bond donors (Lipinski definition) is 0. The maximum atomic E-state index is 14.1. The molecule has 0 heterocycles. The molecule has 0 amide bonds. The average Bonchev–Trinajstić information content (AvgIpc) is 3.12. The van der Waals surface area contributed by atoms with E-state index >= 15 is 0 Å². The van der Waals surface area contributed by atoms with Crippen molar-refractivity contribution in [3.8, 4) is 0 Å². The third kappa shape index (κ3) is 8.62. The second-order valence-electron chi connectivity index (χ2n) is 11.1. The third-order valence-corrected chi connectivity index (χ3v) is 7.51. The maximum absolute atomic E-state index is 14.1. The van der Waals surface area contributed by atoms with Crippen molar-refractivity contribution in [1.29, 1.82) is 0 Å². The van der Waals surface area contributed by atoms with Crippen molar-refractivity contribution >= 4 is 34.9 Å². The minimum atomic E-state index is 0.00329. The van der Waals surface area contributed by atoms with Crippen molar-refractivity contribution in [1.82, 2.24) is 0 Å². The van der Waals surface area contributed by atoms with Crippen molar-refractivity contribution in [2.75, 3.05) is 0 Å². The Balaban J connectivity index is 0.000000247. The molecule has 0 N–H and O–H groups in total. The number of allylic oxidation sites excluding steroid dienone is 2. The molecule has 0 saturated heterocycles. The quantitative estimate of drug-likeness (QED) is 0.0995. The summed E-state index contributed by atoms with van der Waals surface area (Å²) >= 11 is 0. The molecule has 46 heavy (non-hydrogen) atoms. The van der Waals surface area contributed by atoms with E-state index in [1.807, 2.05) is 133 Å². The molecule has 6 aromatic carbocycles. The Hall–Kier alpha value is -5.86. The molecule has 0 aromatic heterocycles. The summed E-state index contributed by atoms with van der Waals surface area (Å²) in [4.78, 5) is 25.9. The smallest absolute Gasteiger partial charge is 0.194 e. The molecule has 0 atom stereocenters. The van der Waals surface area contributed by atoms with Gasteiger partial charge in [-0.2, -0.15) is 0 Å². The molecule has 0 saturated carbocycles.